The van der Waals surface area contributed by atoms with E-state index in [2.05, 4.69) is 4.98 Å². The van der Waals surface area contributed by atoms with Crippen LogP contribution in [0.5, 0.6) is 0 Å². The van der Waals surface area contributed by atoms with Gasteiger partial charge in [-0.1, -0.05) is 18.2 Å². The molecule has 0 spiro atoms. The van der Waals surface area contributed by atoms with E-state index in [1.165, 1.54) is 6.26 Å². The lowest BCUT2D eigenvalue weighted by Crippen LogP contribution is -2.50. The zero-order valence-corrected chi connectivity index (χ0v) is 14.1. The van der Waals surface area contributed by atoms with Gasteiger partial charge in [-0.15, -0.1) is 0 Å². The van der Waals surface area contributed by atoms with E-state index < -0.39 is 12.0 Å². The van der Waals surface area contributed by atoms with E-state index in [4.69, 9.17) is 4.42 Å². The molecule has 0 bridgehead atoms. The Morgan fingerprint density at radius 2 is 1.85 bits per heavy atom. The third-order valence-corrected chi connectivity index (χ3v) is 4.85. The molecule has 2 aromatic heterocycles. The molecule has 0 saturated carbocycles. The van der Waals surface area contributed by atoms with Gasteiger partial charge in [-0.05, 0) is 18.2 Å². The van der Waals surface area contributed by atoms with Crippen LogP contribution in [-0.2, 0) is 4.79 Å². The summed E-state index contributed by atoms with van der Waals surface area (Å²) in [5.41, 5.74) is 1.67. The smallest absolute Gasteiger partial charge is 0.325 e. The van der Waals surface area contributed by atoms with Gasteiger partial charge in [-0.2, -0.15) is 0 Å². The fraction of sp³-hybridized carbons (Fsp3) is 0.263. The molecule has 3 aromatic rings. The molecule has 0 radical (unpaired) electrons. The minimum Gasteiger partial charge on any atom is -0.480 e. The summed E-state index contributed by atoms with van der Waals surface area (Å²) in [7, 11) is 0. The quantitative estimate of drug-likeness (QED) is 0.751. The lowest BCUT2D eigenvalue weighted by atomic mass is 10.0. The average Bonchev–Trinajstić information content (AvgIpc) is 3.32. The first kappa shape index (κ1) is 16.4. The van der Waals surface area contributed by atoms with Crippen LogP contribution in [0, 0.1) is 0 Å². The van der Waals surface area contributed by atoms with Crippen molar-refractivity contribution < 1.29 is 19.1 Å². The van der Waals surface area contributed by atoms with E-state index >= 15 is 0 Å². The number of hydrogen-bond acceptors (Lipinski definition) is 4. The van der Waals surface area contributed by atoms with E-state index in [1.807, 2.05) is 29.2 Å². The van der Waals surface area contributed by atoms with E-state index in [0.717, 1.165) is 16.5 Å². The van der Waals surface area contributed by atoms with E-state index in [9.17, 15) is 14.7 Å². The molecule has 0 aliphatic carbocycles. The van der Waals surface area contributed by atoms with Gasteiger partial charge in [0.15, 0.2) is 5.76 Å². The molecule has 0 unspecified atom stereocenters. The predicted molar refractivity (Wildman–Crippen MR) is 94.9 cm³/mol. The highest BCUT2D eigenvalue weighted by Crippen LogP contribution is 2.29. The molecule has 7 nitrogen and oxygen atoms in total. The van der Waals surface area contributed by atoms with Gasteiger partial charge in [-0.3, -0.25) is 14.5 Å². The second-order valence-corrected chi connectivity index (χ2v) is 6.34. The zero-order valence-electron chi connectivity index (χ0n) is 14.1. The van der Waals surface area contributed by atoms with Gasteiger partial charge in [0, 0.05) is 48.8 Å². The molecule has 7 heteroatoms. The normalized spacial score (nSPS) is 16.7. The van der Waals surface area contributed by atoms with Gasteiger partial charge in [0.05, 0.1) is 6.26 Å². The minimum absolute atomic E-state index is 0.159. The highest BCUT2D eigenvalue weighted by molar-refractivity contribution is 5.91. The number of nitrogens with one attached hydrogen (secondary N) is 1. The van der Waals surface area contributed by atoms with Crippen LogP contribution in [-0.4, -0.2) is 57.9 Å². The van der Waals surface area contributed by atoms with Crippen LogP contribution in [0.2, 0.25) is 0 Å². The molecule has 134 valence electrons. The maximum Gasteiger partial charge on any atom is 0.325 e. The standard InChI is InChI=1S/C19H19N3O4/c23-18(16-6-3-11-26-16)22-9-7-21(8-10-22)17(19(24)25)14-12-20-15-5-2-1-4-13(14)15/h1-6,11-12,17,20H,7-10H2,(H,24,25)/t17-/m1/s1. The first-order chi connectivity index (χ1) is 12.6. The molecular weight excluding hydrogens is 334 g/mol. The second-order valence-electron chi connectivity index (χ2n) is 6.34. The van der Waals surface area contributed by atoms with Gasteiger partial charge in [0.2, 0.25) is 0 Å². The number of rotatable bonds is 4. The van der Waals surface area contributed by atoms with Gasteiger partial charge in [0.25, 0.3) is 5.91 Å². The summed E-state index contributed by atoms with van der Waals surface area (Å²) in [5, 5.41) is 10.7. The Balaban J connectivity index is 1.53. The van der Waals surface area contributed by atoms with Gasteiger partial charge < -0.3 is 19.4 Å². The highest BCUT2D eigenvalue weighted by Gasteiger charge is 2.33. The van der Waals surface area contributed by atoms with Crippen molar-refractivity contribution in [3.05, 3.63) is 60.2 Å². The molecule has 1 amide bonds. The first-order valence-electron chi connectivity index (χ1n) is 8.51. The number of carbonyl (C=O) groups excluding carboxylic acids is 1. The maximum absolute atomic E-state index is 12.4. The number of hydrogen-bond donors (Lipinski definition) is 2. The number of carboxylic acid groups (broad SMARTS) is 1. The Bertz CT molecular complexity index is 923. The summed E-state index contributed by atoms with van der Waals surface area (Å²) in [5.74, 6) is -0.737. The van der Waals surface area contributed by atoms with Crippen molar-refractivity contribution in [2.45, 2.75) is 6.04 Å². The van der Waals surface area contributed by atoms with Crippen molar-refractivity contribution in [2.75, 3.05) is 26.2 Å². The average molecular weight is 353 g/mol. The van der Waals surface area contributed by atoms with Gasteiger partial charge in [0.1, 0.15) is 6.04 Å². The van der Waals surface area contributed by atoms with Crippen LogP contribution < -0.4 is 0 Å². The Hall–Kier alpha value is -3.06. The minimum atomic E-state index is -0.888. The summed E-state index contributed by atoms with van der Waals surface area (Å²) < 4.78 is 5.17. The molecule has 2 N–H and O–H groups in total. The molecule has 1 aromatic carbocycles. The molecule has 1 fully saturated rings. The molecule has 1 saturated heterocycles. The molecule has 4 rings (SSSR count). The first-order valence-corrected chi connectivity index (χ1v) is 8.51. The Kier molecular flexibility index (Phi) is 4.22. The van der Waals surface area contributed by atoms with E-state index in [-0.39, 0.29) is 5.91 Å². The number of aromatic nitrogens is 1. The number of H-pyrrole nitrogens is 1. The molecule has 3 heterocycles. The topological polar surface area (TPSA) is 89.8 Å². The van der Waals surface area contributed by atoms with Crippen molar-refractivity contribution in [1.82, 2.24) is 14.8 Å². The number of benzene rings is 1. The van der Waals surface area contributed by atoms with Crippen molar-refractivity contribution in [3.8, 4) is 0 Å². The fourth-order valence-corrected chi connectivity index (χ4v) is 3.55. The highest BCUT2D eigenvalue weighted by atomic mass is 16.4. The number of nitrogens with zero attached hydrogens (tertiary/aromatic N) is 2. The Morgan fingerprint density at radius 1 is 1.08 bits per heavy atom. The number of carbonyl (C=O) groups is 2. The third-order valence-electron chi connectivity index (χ3n) is 4.85. The SMILES string of the molecule is O=C(O)[C@@H](c1c[nH]c2ccccc12)N1CCN(C(=O)c2ccco2)CC1. The fourth-order valence-electron chi connectivity index (χ4n) is 3.55. The van der Waals surface area contributed by atoms with Crippen molar-refractivity contribution >= 4 is 22.8 Å². The lowest BCUT2D eigenvalue weighted by molar-refractivity contribution is -0.144. The Labute approximate surface area is 149 Å². The molecule has 1 aliphatic heterocycles. The summed E-state index contributed by atoms with van der Waals surface area (Å²) >= 11 is 0. The van der Waals surface area contributed by atoms with Crippen LogP contribution >= 0.6 is 0 Å². The van der Waals surface area contributed by atoms with Crippen LogP contribution in [0.15, 0.2) is 53.3 Å². The number of piperazine rings is 1. The van der Waals surface area contributed by atoms with Crippen molar-refractivity contribution in [1.29, 1.82) is 0 Å². The number of amides is 1. The van der Waals surface area contributed by atoms with Gasteiger partial charge in [-0.25, -0.2) is 0 Å². The lowest BCUT2D eigenvalue weighted by Gasteiger charge is -2.37. The van der Waals surface area contributed by atoms with Crippen molar-refractivity contribution in [3.63, 3.8) is 0 Å². The number of aromatic amines is 1. The monoisotopic (exact) mass is 353 g/mol. The summed E-state index contributed by atoms with van der Waals surface area (Å²) in [6.45, 7) is 1.91. The summed E-state index contributed by atoms with van der Waals surface area (Å²) in [4.78, 5) is 31.1. The Morgan fingerprint density at radius 3 is 2.54 bits per heavy atom. The summed E-state index contributed by atoms with van der Waals surface area (Å²) in [6, 6.07) is 10.2. The molecule has 1 atom stereocenters. The number of aliphatic carboxylic acids is 1. The van der Waals surface area contributed by atoms with Crippen LogP contribution in [0.4, 0.5) is 0 Å². The van der Waals surface area contributed by atoms with E-state index in [1.54, 1.807) is 23.2 Å². The summed E-state index contributed by atoms with van der Waals surface area (Å²) in [6.07, 6.45) is 3.24. The van der Waals surface area contributed by atoms with Crippen LogP contribution in [0.1, 0.15) is 22.2 Å². The predicted octanol–water partition coefficient (Wildman–Crippen LogP) is 2.34. The van der Waals surface area contributed by atoms with Crippen LogP contribution in [0.25, 0.3) is 10.9 Å². The number of furan rings is 1. The zero-order chi connectivity index (χ0) is 18.1. The number of carboxylic acids is 1. The third kappa shape index (κ3) is 2.86. The van der Waals surface area contributed by atoms with E-state index in [0.29, 0.717) is 31.9 Å². The maximum atomic E-state index is 12.4. The van der Waals surface area contributed by atoms with Crippen LogP contribution in [0.3, 0.4) is 0 Å². The molecule has 26 heavy (non-hydrogen) atoms. The molecule has 1 aliphatic rings. The number of fused-ring (bicyclic) bond motifs is 1. The van der Waals surface area contributed by atoms with Gasteiger partial charge >= 0.3 is 5.97 Å². The second kappa shape index (κ2) is 6.68. The molecular formula is C19H19N3O4. The van der Waals surface area contributed by atoms with Crippen molar-refractivity contribution in [2.24, 2.45) is 0 Å². The largest absolute Gasteiger partial charge is 0.480 e. The number of para-hydroxylation sites is 1.